The zero-order valence-electron chi connectivity index (χ0n) is 22.4. The largest absolute Gasteiger partial charge is 0.390 e. The van der Waals surface area contributed by atoms with Crippen LogP contribution < -0.4 is 0 Å². The molecular formula is C30H50O3. The summed E-state index contributed by atoms with van der Waals surface area (Å²) in [6.45, 7) is 19.8. The van der Waals surface area contributed by atoms with Crippen LogP contribution in [0.3, 0.4) is 0 Å². The van der Waals surface area contributed by atoms with E-state index in [1.807, 2.05) is 13.8 Å². The van der Waals surface area contributed by atoms with E-state index in [-0.39, 0.29) is 5.41 Å². The lowest BCUT2D eigenvalue weighted by Crippen LogP contribution is -2.41. The molecule has 6 atom stereocenters. The van der Waals surface area contributed by atoms with Crippen molar-refractivity contribution in [2.45, 2.75) is 124 Å². The van der Waals surface area contributed by atoms with Gasteiger partial charge in [0.15, 0.2) is 0 Å². The van der Waals surface area contributed by atoms with Gasteiger partial charge in [-0.15, -0.1) is 0 Å². The molecule has 0 amide bonds. The molecule has 3 rings (SSSR count). The van der Waals surface area contributed by atoms with Gasteiger partial charge in [-0.25, -0.2) is 0 Å². The average Bonchev–Trinajstić information content (AvgIpc) is 3.06. The summed E-state index contributed by atoms with van der Waals surface area (Å²) in [7, 11) is 0. The van der Waals surface area contributed by atoms with E-state index in [1.54, 1.807) is 5.57 Å². The van der Waals surface area contributed by atoms with E-state index in [2.05, 4.69) is 47.3 Å². The maximum absolute atomic E-state index is 10.3. The minimum atomic E-state index is -0.628. The van der Waals surface area contributed by atoms with Gasteiger partial charge in [0.2, 0.25) is 0 Å². The van der Waals surface area contributed by atoms with Crippen molar-refractivity contribution < 1.29 is 15.3 Å². The third kappa shape index (κ3) is 5.68. The van der Waals surface area contributed by atoms with Gasteiger partial charge in [-0.3, -0.25) is 0 Å². The fourth-order valence-electron chi connectivity index (χ4n) is 7.30. The number of rotatable bonds is 6. The van der Waals surface area contributed by atoms with Crippen LogP contribution in [-0.2, 0) is 0 Å². The van der Waals surface area contributed by atoms with Gasteiger partial charge >= 0.3 is 0 Å². The Labute approximate surface area is 203 Å². The molecule has 3 aliphatic carbocycles. The molecule has 3 N–H and O–H groups in total. The quantitative estimate of drug-likeness (QED) is 0.387. The molecule has 0 aromatic rings. The standard InChI is InChI=1S/C30H50O3/c1-19(16-22-17-26(31)20(2)27(32)18-22)23-10-9-13-30(8)24(11-12-25(23)30)21(3)28(4,5)14-15-29(6,7)33/h16,21,24-27,31-33H,2,9-15,17-18H2,1,3-8H3/b23-19+/t21-,24?,25?,26+,27+,30+/m0/s1. The van der Waals surface area contributed by atoms with Crippen molar-refractivity contribution >= 4 is 0 Å². The van der Waals surface area contributed by atoms with Gasteiger partial charge in [0.25, 0.3) is 0 Å². The van der Waals surface area contributed by atoms with Crippen molar-refractivity contribution in [1.82, 2.24) is 0 Å². The molecule has 3 saturated carbocycles. The van der Waals surface area contributed by atoms with E-state index < -0.39 is 17.8 Å². The molecule has 0 aliphatic heterocycles. The molecule has 0 aromatic heterocycles. The first-order valence-electron chi connectivity index (χ1n) is 13.3. The first kappa shape index (κ1) is 26.7. The van der Waals surface area contributed by atoms with E-state index in [9.17, 15) is 15.3 Å². The Kier molecular flexibility index (Phi) is 7.79. The van der Waals surface area contributed by atoms with Crippen LogP contribution in [0, 0.1) is 28.6 Å². The third-order valence-corrected chi connectivity index (χ3v) is 9.90. The molecule has 3 aliphatic rings. The zero-order valence-corrected chi connectivity index (χ0v) is 22.4. The Bertz CT molecular complexity index is 780. The molecular weight excluding hydrogens is 408 g/mol. The fraction of sp³-hybridized carbons (Fsp3) is 0.800. The van der Waals surface area contributed by atoms with Gasteiger partial charge < -0.3 is 15.3 Å². The lowest BCUT2D eigenvalue weighted by Gasteiger charge is -2.48. The number of aliphatic hydroxyl groups excluding tert-OH is 2. The van der Waals surface area contributed by atoms with Gasteiger partial charge in [0, 0.05) is 0 Å². The molecule has 33 heavy (non-hydrogen) atoms. The molecule has 188 valence electrons. The first-order chi connectivity index (χ1) is 15.2. The second kappa shape index (κ2) is 9.63. The highest BCUT2D eigenvalue weighted by atomic mass is 16.3. The van der Waals surface area contributed by atoms with Crippen molar-refractivity contribution in [2.75, 3.05) is 0 Å². The maximum Gasteiger partial charge on any atom is 0.0809 e. The van der Waals surface area contributed by atoms with E-state index in [0.717, 1.165) is 18.4 Å². The van der Waals surface area contributed by atoms with E-state index in [1.165, 1.54) is 37.7 Å². The third-order valence-electron chi connectivity index (χ3n) is 9.90. The number of aliphatic hydroxyl groups is 3. The highest BCUT2D eigenvalue weighted by molar-refractivity contribution is 5.35. The van der Waals surface area contributed by atoms with E-state index in [4.69, 9.17) is 0 Å². The predicted molar refractivity (Wildman–Crippen MR) is 138 cm³/mol. The van der Waals surface area contributed by atoms with Gasteiger partial charge in [-0.05, 0) is 113 Å². The summed E-state index contributed by atoms with van der Waals surface area (Å²) in [4.78, 5) is 0. The minimum Gasteiger partial charge on any atom is -0.390 e. The summed E-state index contributed by atoms with van der Waals surface area (Å²) in [6, 6.07) is 0. The Morgan fingerprint density at radius 2 is 1.73 bits per heavy atom. The van der Waals surface area contributed by atoms with Crippen molar-refractivity contribution in [2.24, 2.45) is 28.6 Å². The molecule has 2 unspecified atom stereocenters. The Balaban J connectivity index is 1.81. The molecule has 0 radical (unpaired) electrons. The number of fused-ring (bicyclic) bond motifs is 1. The van der Waals surface area contributed by atoms with Crippen molar-refractivity contribution in [3.63, 3.8) is 0 Å². The second-order valence-electron chi connectivity index (χ2n) is 13.2. The van der Waals surface area contributed by atoms with E-state index in [0.29, 0.717) is 41.6 Å². The number of allylic oxidation sites excluding steroid dienone is 3. The SMILES string of the molecule is C=C1[C@H](O)CC(=C/C(C)=C2\CCC[C@@]3(C)C2CCC3[C@H](C)C(C)(C)CCC(C)(C)O)C[C@H]1O. The van der Waals surface area contributed by atoms with Crippen LogP contribution in [0.15, 0.2) is 34.9 Å². The molecule has 3 heteroatoms. The van der Waals surface area contributed by atoms with E-state index >= 15 is 0 Å². The molecule has 0 spiro atoms. The van der Waals surface area contributed by atoms with Crippen molar-refractivity contribution in [3.05, 3.63) is 34.9 Å². The predicted octanol–water partition coefficient (Wildman–Crippen LogP) is 6.73. The van der Waals surface area contributed by atoms with Crippen LogP contribution in [0.5, 0.6) is 0 Å². The summed E-state index contributed by atoms with van der Waals surface area (Å²) in [5, 5.41) is 30.8. The van der Waals surface area contributed by atoms with Crippen molar-refractivity contribution in [1.29, 1.82) is 0 Å². The lowest BCUT2D eigenvalue weighted by atomic mass is 9.56. The van der Waals surface area contributed by atoms with Crippen LogP contribution in [0.2, 0.25) is 0 Å². The van der Waals surface area contributed by atoms with Crippen LogP contribution in [0.1, 0.15) is 106 Å². The second-order valence-corrected chi connectivity index (χ2v) is 13.2. The van der Waals surface area contributed by atoms with Crippen LogP contribution >= 0.6 is 0 Å². The molecule has 3 fully saturated rings. The average molecular weight is 459 g/mol. The summed E-state index contributed by atoms with van der Waals surface area (Å²) in [5.41, 5.74) is 4.63. The highest BCUT2D eigenvalue weighted by Gasteiger charge is 2.53. The molecule has 0 aromatic carbocycles. The smallest absolute Gasteiger partial charge is 0.0809 e. The summed E-state index contributed by atoms with van der Waals surface area (Å²) >= 11 is 0. The number of hydrogen-bond donors (Lipinski definition) is 3. The van der Waals surface area contributed by atoms with Gasteiger partial charge in [0.1, 0.15) is 0 Å². The van der Waals surface area contributed by atoms with Gasteiger partial charge in [0.05, 0.1) is 17.8 Å². The monoisotopic (exact) mass is 458 g/mol. The topological polar surface area (TPSA) is 60.7 Å². The maximum atomic E-state index is 10.3. The highest BCUT2D eigenvalue weighted by Crippen LogP contribution is 2.62. The normalized spacial score (nSPS) is 35.9. The van der Waals surface area contributed by atoms with Crippen LogP contribution in [0.4, 0.5) is 0 Å². The lowest BCUT2D eigenvalue weighted by molar-refractivity contribution is 0.0126. The molecule has 3 nitrogen and oxygen atoms in total. The summed E-state index contributed by atoms with van der Waals surface area (Å²) in [6.07, 6.45) is 10.4. The Hall–Kier alpha value is -0.900. The summed E-state index contributed by atoms with van der Waals surface area (Å²) in [5.74, 6) is 1.95. The van der Waals surface area contributed by atoms with Crippen LogP contribution in [0.25, 0.3) is 0 Å². The molecule has 0 bridgehead atoms. The Morgan fingerprint density at radius 1 is 1.12 bits per heavy atom. The summed E-state index contributed by atoms with van der Waals surface area (Å²) < 4.78 is 0. The van der Waals surface area contributed by atoms with Crippen LogP contribution in [-0.4, -0.2) is 33.1 Å². The first-order valence-corrected chi connectivity index (χ1v) is 13.3. The minimum absolute atomic E-state index is 0.206. The molecule has 0 saturated heterocycles. The molecule has 0 heterocycles. The van der Waals surface area contributed by atoms with Crippen molar-refractivity contribution in [3.8, 4) is 0 Å². The zero-order chi connectivity index (χ0) is 24.8. The Morgan fingerprint density at radius 3 is 2.30 bits per heavy atom. The van der Waals surface area contributed by atoms with Gasteiger partial charge in [-0.2, -0.15) is 0 Å². The number of hydrogen-bond acceptors (Lipinski definition) is 3. The van der Waals surface area contributed by atoms with Gasteiger partial charge in [-0.1, -0.05) is 57.1 Å². The fourth-order valence-corrected chi connectivity index (χ4v) is 7.30.